The Morgan fingerprint density at radius 2 is 1.64 bits per heavy atom. The number of nitrogens with one attached hydrogen (secondary N) is 2. The summed E-state index contributed by atoms with van der Waals surface area (Å²) >= 11 is 0. The molecule has 33 heavy (non-hydrogen) atoms. The Balaban J connectivity index is 1.59. The summed E-state index contributed by atoms with van der Waals surface area (Å²) in [5.41, 5.74) is 3.15. The van der Waals surface area contributed by atoms with E-state index < -0.39 is 0 Å². The van der Waals surface area contributed by atoms with E-state index in [9.17, 15) is 14.9 Å². The minimum Gasteiger partial charge on any atom is -0.383 e. The number of methoxy groups -OCH3 is 1. The van der Waals surface area contributed by atoms with Gasteiger partial charge in [0.1, 0.15) is 11.9 Å². The summed E-state index contributed by atoms with van der Waals surface area (Å²) in [7, 11) is 1.60. The number of amides is 2. The zero-order valence-electron chi connectivity index (χ0n) is 19.6. The fourth-order valence-corrected chi connectivity index (χ4v) is 3.99. The number of aromatic nitrogens is 1. The molecule has 1 saturated heterocycles. The minimum absolute atomic E-state index is 0.0188. The molecule has 3 rings (SSSR count). The second-order valence-corrected chi connectivity index (χ2v) is 8.16. The third-order valence-electron chi connectivity index (χ3n) is 5.93. The summed E-state index contributed by atoms with van der Waals surface area (Å²) < 4.78 is 6.86. The smallest absolute Gasteiger partial charge is 0.239 e. The molecule has 0 unspecified atom stereocenters. The Morgan fingerprint density at radius 3 is 2.21 bits per heavy atom. The molecule has 0 atom stereocenters. The molecule has 0 saturated carbocycles. The van der Waals surface area contributed by atoms with E-state index in [0.29, 0.717) is 57.3 Å². The maximum Gasteiger partial charge on any atom is 0.239 e. The van der Waals surface area contributed by atoms with Crippen LogP contribution >= 0.6 is 0 Å². The Labute approximate surface area is 194 Å². The summed E-state index contributed by atoms with van der Waals surface area (Å²) in [6.07, 6.45) is 0. The lowest BCUT2D eigenvalue weighted by Gasteiger charge is -2.33. The van der Waals surface area contributed by atoms with E-state index >= 15 is 0 Å². The van der Waals surface area contributed by atoms with Crippen LogP contribution in [0.3, 0.4) is 0 Å². The Kier molecular flexibility index (Phi) is 8.60. The topological polar surface area (TPSA) is 103 Å². The second kappa shape index (κ2) is 11.6. The normalized spacial score (nSPS) is 14.6. The Bertz CT molecular complexity index is 1000. The van der Waals surface area contributed by atoms with Crippen molar-refractivity contribution in [3.05, 3.63) is 47.2 Å². The second-order valence-electron chi connectivity index (χ2n) is 8.16. The van der Waals surface area contributed by atoms with E-state index in [1.807, 2.05) is 48.7 Å². The number of nitriles is 1. The van der Waals surface area contributed by atoms with Gasteiger partial charge >= 0.3 is 0 Å². The number of carbonyl (C=O) groups excluding carboxylic acids is 2. The molecule has 1 aromatic carbocycles. The van der Waals surface area contributed by atoms with Crippen molar-refractivity contribution in [3.8, 4) is 11.8 Å². The number of anilines is 1. The molecule has 1 aromatic heterocycles. The predicted octanol–water partition coefficient (Wildman–Crippen LogP) is 1.28. The molecule has 0 radical (unpaired) electrons. The molecule has 176 valence electrons. The largest absolute Gasteiger partial charge is 0.383 e. The molecular weight excluding hydrogens is 420 g/mol. The monoisotopic (exact) mass is 452 g/mol. The molecule has 2 amide bonds. The first-order valence-corrected chi connectivity index (χ1v) is 11.1. The fraction of sp³-hybridized carbons (Fsp3) is 0.458. The third-order valence-corrected chi connectivity index (χ3v) is 5.93. The van der Waals surface area contributed by atoms with Gasteiger partial charge in [0.15, 0.2) is 0 Å². The van der Waals surface area contributed by atoms with Crippen molar-refractivity contribution in [2.75, 3.05) is 64.8 Å². The summed E-state index contributed by atoms with van der Waals surface area (Å²) in [6, 6.07) is 11.9. The Hall–Kier alpha value is -3.19. The van der Waals surface area contributed by atoms with Gasteiger partial charge in [0.2, 0.25) is 11.8 Å². The van der Waals surface area contributed by atoms with Crippen LogP contribution in [0.1, 0.15) is 16.8 Å². The number of ether oxygens (including phenoxy) is 1. The molecule has 0 bridgehead atoms. The molecule has 2 N–H and O–H groups in total. The van der Waals surface area contributed by atoms with E-state index in [1.54, 1.807) is 7.11 Å². The minimum atomic E-state index is -0.160. The zero-order valence-corrected chi connectivity index (χ0v) is 19.6. The molecule has 9 heteroatoms. The molecule has 1 aliphatic rings. The fourth-order valence-electron chi connectivity index (χ4n) is 3.99. The van der Waals surface area contributed by atoms with Crippen LogP contribution in [-0.2, 0) is 14.3 Å². The Morgan fingerprint density at radius 1 is 1.03 bits per heavy atom. The molecule has 1 fully saturated rings. The van der Waals surface area contributed by atoms with Gasteiger partial charge in [-0.15, -0.1) is 0 Å². The molecule has 0 spiro atoms. The molecule has 9 nitrogen and oxygen atoms in total. The van der Waals surface area contributed by atoms with E-state index in [2.05, 4.69) is 26.5 Å². The summed E-state index contributed by atoms with van der Waals surface area (Å²) in [4.78, 5) is 29.0. The summed E-state index contributed by atoms with van der Waals surface area (Å²) in [5.74, 6) is 0.330. The maximum atomic E-state index is 12.9. The lowest BCUT2D eigenvalue weighted by Crippen LogP contribution is -2.51. The van der Waals surface area contributed by atoms with Gasteiger partial charge in [0.05, 0.1) is 25.3 Å². The van der Waals surface area contributed by atoms with Gasteiger partial charge in [-0.05, 0) is 31.5 Å². The van der Waals surface area contributed by atoms with Gasteiger partial charge in [0, 0.05) is 51.2 Å². The summed E-state index contributed by atoms with van der Waals surface area (Å²) in [6.45, 7) is 8.24. The van der Waals surface area contributed by atoms with E-state index in [-0.39, 0.29) is 18.4 Å². The lowest BCUT2D eigenvalue weighted by atomic mass is 10.2. The summed E-state index contributed by atoms with van der Waals surface area (Å²) in [5, 5.41) is 15.5. The average molecular weight is 453 g/mol. The van der Waals surface area contributed by atoms with Crippen molar-refractivity contribution in [3.63, 3.8) is 0 Å². The van der Waals surface area contributed by atoms with Crippen molar-refractivity contribution in [2.24, 2.45) is 0 Å². The van der Waals surface area contributed by atoms with E-state index in [4.69, 9.17) is 4.74 Å². The molecular formula is C24H32N6O3. The number of hydrogen-bond donors (Lipinski definition) is 2. The SMILES string of the molecule is COCCNC(=O)CN1CCN(CC(=O)Nc2c(C#N)c(C)c(C)n2-c2ccccc2)CC1. The number of para-hydroxylation sites is 1. The number of nitrogens with zero attached hydrogens (tertiary/aromatic N) is 4. The standard InChI is InChI=1S/C24H32N6O3/c1-18-19(2)30(20-7-5-4-6-8-20)24(21(18)15-25)27-23(32)17-29-12-10-28(11-13-29)16-22(31)26-9-14-33-3/h4-8H,9-14,16-17H2,1-3H3,(H,26,31)(H,27,32). The maximum absolute atomic E-state index is 12.9. The number of benzene rings is 1. The van der Waals surface area contributed by atoms with Gasteiger partial charge in [-0.3, -0.25) is 24.0 Å². The van der Waals surface area contributed by atoms with Crippen molar-refractivity contribution in [1.82, 2.24) is 19.7 Å². The van der Waals surface area contributed by atoms with Gasteiger partial charge in [-0.25, -0.2) is 0 Å². The first-order valence-electron chi connectivity index (χ1n) is 11.1. The van der Waals surface area contributed by atoms with Crippen LogP contribution in [0.25, 0.3) is 5.69 Å². The highest BCUT2D eigenvalue weighted by molar-refractivity contribution is 5.93. The van der Waals surface area contributed by atoms with Crippen molar-refractivity contribution >= 4 is 17.6 Å². The van der Waals surface area contributed by atoms with Crippen LogP contribution in [0.4, 0.5) is 5.82 Å². The lowest BCUT2D eigenvalue weighted by molar-refractivity contribution is -0.123. The van der Waals surface area contributed by atoms with Crippen LogP contribution in [0.2, 0.25) is 0 Å². The number of rotatable bonds is 9. The van der Waals surface area contributed by atoms with Crippen molar-refractivity contribution < 1.29 is 14.3 Å². The van der Waals surface area contributed by atoms with E-state index in [1.165, 1.54) is 0 Å². The highest BCUT2D eigenvalue weighted by Gasteiger charge is 2.24. The highest BCUT2D eigenvalue weighted by atomic mass is 16.5. The first-order chi connectivity index (χ1) is 15.9. The molecule has 1 aliphatic heterocycles. The number of hydrogen-bond acceptors (Lipinski definition) is 6. The number of carbonyl (C=O) groups is 2. The van der Waals surface area contributed by atoms with Crippen molar-refractivity contribution in [1.29, 1.82) is 5.26 Å². The van der Waals surface area contributed by atoms with Gasteiger partial charge in [-0.2, -0.15) is 5.26 Å². The van der Waals surface area contributed by atoms with Crippen LogP contribution in [-0.4, -0.2) is 85.7 Å². The van der Waals surface area contributed by atoms with Gasteiger partial charge in [-0.1, -0.05) is 18.2 Å². The third kappa shape index (κ3) is 6.20. The van der Waals surface area contributed by atoms with Crippen LogP contribution in [0.5, 0.6) is 0 Å². The molecule has 2 aromatic rings. The van der Waals surface area contributed by atoms with E-state index in [0.717, 1.165) is 16.9 Å². The van der Waals surface area contributed by atoms with Gasteiger partial charge in [0.25, 0.3) is 0 Å². The molecule has 0 aliphatic carbocycles. The quantitative estimate of drug-likeness (QED) is 0.556. The van der Waals surface area contributed by atoms with Crippen LogP contribution < -0.4 is 10.6 Å². The highest BCUT2D eigenvalue weighted by Crippen LogP contribution is 2.29. The predicted molar refractivity (Wildman–Crippen MR) is 126 cm³/mol. The van der Waals surface area contributed by atoms with Crippen LogP contribution in [0, 0.1) is 25.2 Å². The first kappa shape index (κ1) is 24.5. The number of piperazine rings is 1. The van der Waals surface area contributed by atoms with Crippen molar-refractivity contribution in [2.45, 2.75) is 13.8 Å². The zero-order chi connectivity index (χ0) is 23.8. The average Bonchev–Trinajstić information content (AvgIpc) is 3.04. The van der Waals surface area contributed by atoms with Crippen LogP contribution in [0.15, 0.2) is 30.3 Å². The van der Waals surface area contributed by atoms with Gasteiger partial charge < -0.3 is 15.4 Å². The molecule has 2 heterocycles.